The second-order valence-electron chi connectivity index (χ2n) is 7.67. The number of hydrogen-bond donors (Lipinski definition) is 3. The topological polar surface area (TPSA) is 149 Å². The van der Waals surface area contributed by atoms with Crippen molar-refractivity contribution < 1.29 is 26.1 Å². The Morgan fingerprint density at radius 2 is 1.71 bits per heavy atom. The molecule has 0 bridgehead atoms. The Labute approximate surface area is 197 Å². The van der Waals surface area contributed by atoms with Gasteiger partial charge in [0.2, 0.25) is 16.0 Å². The van der Waals surface area contributed by atoms with E-state index in [2.05, 4.69) is 30.7 Å². The maximum atomic E-state index is 12.9. The van der Waals surface area contributed by atoms with Gasteiger partial charge in [-0.3, -0.25) is 0 Å². The van der Waals surface area contributed by atoms with Crippen LogP contribution in [0.5, 0.6) is 0 Å². The van der Waals surface area contributed by atoms with Crippen molar-refractivity contribution in [1.29, 1.82) is 0 Å². The summed E-state index contributed by atoms with van der Waals surface area (Å²) >= 11 is 0. The molecule has 0 amide bonds. The number of aromatic nitrogens is 4. The maximum Gasteiger partial charge on any atom is 0.405 e. The van der Waals surface area contributed by atoms with Crippen molar-refractivity contribution >= 4 is 32.8 Å². The van der Waals surface area contributed by atoms with Crippen LogP contribution in [0.3, 0.4) is 0 Å². The van der Waals surface area contributed by atoms with Crippen molar-refractivity contribution in [3.05, 3.63) is 53.4 Å². The molecular weight excluding hydrogens is 487 g/mol. The first-order valence-electron chi connectivity index (χ1n) is 10.2. The van der Waals surface area contributed by atoms with Crippen molar-refractivity contribution in [2.45, 2.75) is 31.5 Å². The average molecular weight is 507 g/mol. The molecular formula is C21H20F3N7O3S. The van der Waals surface area contributed by atoms with Gasteiger partial charge in [0.25, 0.3) is 0 Å². The summed E-state index contributed by atoms with van der Waals surface area (Å²) in [6.07, 6.45) is -4.48. The minimum atomic E-state index is -4.48. The highest BCUT2D eigenvalue weighted by molar-refractivity contribution is 7.89. The Kier molecular flexibility index (Phi) is 6.34. The predicted molar refractivity (Wildman–Crippen MR) is 122 cm³/mol. The van der Waals surface area contributed by atoms with Crippen LogP contribution in [-0.2, 0) is 16.6 Å². The fraction of sp³-hybridized carbons (Fsp3) is 0.238. The van der Waals surface area contributed by atoms with E-state index >= 15 is 0 Å². The van der Waals surface area contributed by atoms with E-state index in [1.807, 2.05) is 0 Å². The van der Waals surface area contributed by atoms with E-state index in [9.17, 15) is 21.6 Å². The first kappa shape index (κ1) is 24.3. The highest BCUT2D eigenvalue weighted by Gasteiger charge is 2.27. The number of primary sulfonamides is 1. The van der Waals surface area contributed by atoms with Crippen molar-refractivity contribution in [1.82, 2.24) is 20.1 Å². The molecule has 4 rings (SSSR count). The molecule has 14 heteroatoms. The summed E-state index contributed by atoms with van der Waals surface area (Å²) in [5.74, 6) is 0.476. The zero-order chi connectivity index (χ0) is 25.4. The lowest BCUT2D eigenvalue weighted by Gasteiger charge is -2.13. The van der Waals surface area contributed by atoms with Gasteiger partial charge >= 0.3 is 6.18 Å². The normalized spacial score (nSPS) is 12.2. The van der Waals surface area contributed by atoms with Crippen LogP contribution >= 0.6 is 0 Å². The molecule has 1 aromatic carbocycles. The van der Waals surface area contributed by atoms with Crippen LogP contribution in [0.2, 0.25) is 0 Å². The zero-order valence-corrected chi connectivity index (χ0v) is 19.3. The number of pyridine rings is 1. The van der Waals surface area contributed by atoms with E-state index in [0.717, 1.165) is 0 Å². The van der Waals surface area contributed by atoms with Gasteiger partial charge in [0.05, 0.1) is 27.4 Å². The van der Waals surface area contributed by atoms with Crippen molar-refractivity contribution in [2.24, 2.45) is 5.14 Å². The summed E-state index contributed by atoms with van der Waals surface area (Å²) in [7, 11) is -3.82. The number of aryl methyl sites for hydroxylation is 2. The first-order chi connectivity index (χ1) is 16.4. The molecule has 35 heavy (non-hydrogen) atoms. The van der Waals surface area contributed by atoms with Crippen LogP contribution in [0.15, 0.2) is 45.8 Å². The summed E-state index contributed by atoms with van der Waals surface area (Å²) in [4.78, 5) is 13.0. The number of nitrogens with zero attached hydrogens (tertiary/aromatic N) is 4. The number of nitrogens with two attached hydrogens (primary N) is 1. The van der Waals surface area contributed by atoms with E-state index in [1.165, 1.54) is 12.1 Å². The molecule has 0 saturated heterocycles. The number of anilines is 2. The number of rotatable bonds is 7. The predicted octanol–water partition coefficient (Wildman–Crippen LogP) is 3.53. The molecule has 10 nitrogen and oxygen atoms in total. The Morgan fingerprint density at radius 3 is 2.31 bits per heavy atom. The quantitative estimate of drug-likeness (QED) is 0.341. The highest BCUT2D eigenvalue weighted by atomic mass is 32.2. The van der Waals surface area contributed by atoms with Crippen molar-refractivity contribution in [2.75, 3.05) is 17.2 Å². The van der Waals surface area contributed by atoms with Crippen molar-refractivity contribution in [3.8, 4) is 11.3 Å². The fourth-order valence-electron chi connectivity index (χ4n) is 3.37. The number of hydrogen-bond acceptors (Lipinski definition) is 9. The Bertz CT molecular complexity index is 1470. The average Bonchev–Trinajstić information content (AvgIpc) is 3.12. The zero-order valence-electron chi connectivity index (χ0n) is 18.5. The SMILES string of the molecule is Cc1noc(C)c1-c1ccc2nc(NCc3ccc(S(N)(=O)=O)cc3)nc(NCC(F)(F)F)c2n1. The molecule has 0 aliphatic heterocycles. The lowest BCUT2D eigenvalue weighted by molar-refractivity contribution is -0.115. The third kappa shape index (κ3) is 5.66. The van der Waals surface area contributed by atoms with Crippen LogP contribution in [-0.4, -0.2) is 41.2 Å². The largest absolute Gasteiger partial charge is 0.405 e. The molecule has 0 atom stereocenters. The van der Waals surface area contributed by atoms with E-state index in [4.69, 9.17) is 9.66 Å². The molecule has 3 heterocycles. The summed E-state index contributed by atoms with van der Waals surface area (Å²) in [5, 5.41) is 14.2. The van der Waals surface area contributed by atoms with E-state index in [1.54, 1.807) is 38.1 Å². The number of alkyl halides is 3. The van der Waals surface area contributed by atoms with Crippen LogP contribution in [0.25, 0.3) is 22.3 Å². The maximum absolute atomic E-state index is 12.9. The molecule has 0 aliphatic rings. The smallest absolute Gasteiger partial charge is 0.361 e. The highest BCUT2D eigenvalue weighted by Crippen LogP contribution is 2.29. The molecule has 0 saturated carbocycles. The molecule has 4 aromatic rings. The molecule has 3 aromatic heterocycles. The van der Waals surface area contributed by atoms with Crippen LogP contribution in [0.4, 0.5) is 24.9 Å². The molecule has 4 N–H and O–H groups in total. The van der Waals surface area contributed by atoms with Gasteiger partial charge in [0.1, 0.15) is 17.8 Å². The van der Waals surface area contributed by atoms with Gasteiger partial charge in [0.15, 0.2) is 5.82 Å². The molecule has 184 valence electrons. The Morgan fingerprint density at radius 1 is 1.00 bits per heavy atom. The number of benzene rings is 1. The van der Waals surface area contributed by atoms with Gasteiger partial charge in [-0.15, -0.1) is 0 Å². The number of halogens is 3. The summed E-state index contributed by atoms with van der Waals surface area (Å²) < 4.78 is 66.7. The van der Waals surface area contributed by atoms with Gasteiger partial charge in [-0.1, -0.05) is 17.3 Å². The van der Waals surface area contributed by atoms with Crippen LogP contribution < -0.4 is 15.8 Å². The number of sulfonamides is 1. The van der Waals surface area contributed by atoms with Gasteiger partial charge in [-0.25, -0.2) is 23.5 Å². The summed E-state index contributed by atoms with van der Waals surface area (Å²) in [6, 6.07) is 9.09. The third-order valence-electron chi connectivity index (χ3n) is 4.99. The van der Waals surface area contributed by atoms with E-state index in [-0.39, 0.29) is 28.7 Å². The number of nitrogens with one attached hydrogen (secondary N) is 2. The Balaban J connectivity index is 1.67. The van der Waals surface area contributed by atoms with E-state index < -0.39 is 22.7 Å². The minimum absolute atomic E-state index is 0.0398. The Hall–Kier alpha value is -3.78. The van der Waals surface area contributed by atoms with Gasteiger partial charge in [-0.2, -0.15) is 18.2 Å². The molecule has 0 radical (unpaired) electrons. The number of fused-ring (bicyclic) bond motifs is 1. The first-order valence-corrected chi connectivity index (χ1v) is 11.7. The second kappa shape index (κ2) is 9.11. The lowest BCUT2D eigenvalue weighted by atomic mass is 10.1. The molecule has 0 spiro atoms. The van der Waals surface area contributed by atoms with Gasteiger partial charge in [0, 0.05) is 6.54 Å². The van der Waals surface area contributed by atoms with Crippen LogP contribution in [0.1, 0.15) is 17.0 Å². The molecule has 0 aliphatic carbocycles. The standard InChI is InChI=1S/C21H20F3N7O3S/c1-11-17(12(2)34-31-11)15-7-8-16-18(28-15)19(27-10-21(22,23)24)30-20(29-16)26-9-13-3-5-14(6-4-13)35(25,32)33/h3-8H,9-10H2,1-2H3,(H2,25,32,33)(H2,26,27,29,30). The fourth-order valence-corrected chi connectivity index (χ4v) is 3.88. The molecule has 0 unspecified atom stereocenters. The van der Waals surface area contributed by atoms with Crippen LogP contribution in [0, 0.1) is 13.8 Å². The van der Waals surface area contributed by atoms with Gasteiger partial charge < -0.3 is 15.2 Å². The second-order valence-corrected chi connectivity index (χ2v) is 9.23. The van der Waals surface area contributed by atoms with E-state index in [0.29, 0.717) is 33.8 Å². The molecule has 0 fully saturated rings. The lowest BCUT2D eigenvalue weighted by Crippen LogP contribution is -2.22. The third-order valence-corrected chi connectivity index (χ3v) is 5.92. The minimum Gasteiger partial charge on any atom is -0.361 e. The van der Waals surface area contributed by atoms with Crippen molar-refractivity contribution in [3.63, 3.8) is 0 Å². The van der Waals surface area contributed by atoms with Gasteiger partial charge in [-0.05, 0) is 43.7 Å². The summed E-state index contributed by atoms with van der Waals surface area (Å²) in [5.41, 5.74) is 2.83. The monoisotopic (exact) mass is 507 g/mol. The summed E-state index contributed by atoms with van der Waals surface area (Å²) in [6.45, 7) is 2.31.